The zero-order chi connectivity index (χ0) is 15.7. The molecule has 1 aromatic carbocycles. The molecule has 0 unspecified atom stereocenters. The lowest BCUT2D eigenvalue weighted by Crippen LogP contribution is -2.10. The standard InChI is InChI=1S/C15H10N4O3/c1-22-9-2-3-11-10(5-9)15(21)19-14(18-11)13-12(20)4-8(6-16)7-17-13/h2-5,7,20H,1H3,(H,18,19,21). The third-order valence-corrected chi connectivity index (χ3v) is 3.13. The van der Waals surface area contributed by atoms with Crippen molar-refractivity contribution < 1.29 is 9.84 Å². The summed E-state index contributed by atoms with van der Waals surface area (Å²) in [6, 6.07) is 8.05. The van der Waals surface area contributed by atoms with Gasteiger partial charge in [0, 0.05) is 12.3 Å². The van der Waals surface area contributed by atoms with Gasteiger partial charge in [0.1, 0.15) is 23.3 Å². The number of fused-ring (bicyclic) bond motifs is 1. The zero-order valence-electron chi connectivity index (χ0n) is 11.5. The number of ether oxygens (including phenoxy) is 1. The summed E-state index contributed by atoms with van der Waals surface area (Å²) < 4.78 is 5.07. The molecule has 0 atom stereocenters. The molecule has 0 aliphatic heterocycles. The van der Waals surface area contributed by atoms with Gasteiger partial charge >= 0.3 is 0 Å². The number of nitrogens with zero attached hydrogens (tertiary/aromatic N) is 3. The second-order valence-electron chi connectivity index (χ2n) is 4.50. The fourth-order valence-corrected chi connectivity index (χ4v) is 2.05. The van der Waals surface area contributed by atoms with Crippen LogP contribution in [0.3, 0.4) is 0 Å². The van der Waals surface area contributed by atoms with Crippen LogP contribution in [0.2, 0.25) is 0 Å². The van der Waals surface area contributed by atoms with Crippen molar-refractivity contribution in [1.29, 1.82) is 5.26 Å². The third-order valence-electron chi connectivity index (χ3n) is 3.13. The van der Waals surface area contributed by atoms with Crippen LogP contribution in [0.15, 0.2) is 35.3 Å². The summed E-state index contributed by atoms with van der Waals surface area (Å²) in [7, 11) is 1.51. The number of nitrogens with one attached hydrogen (secondary N) is 1. The first-order valence-electron chi connectivity index (χ1n) is 6.30. The van der Waals surface area contributed by atoms with E-state index < -0.39 is 0 Å². The molecule has 0 bridgehead atoms. The van der Waals surface area contributed by atoms with E-state index >= 15 is 0 Å². The second-order valence-corrected chi connectivity index (χ2v) is 4.50. The van der Waals surface area contributed by atoms with Crippen LogP contribution in [0, 0.1) is 11.3 Å². The molecule has 2 N–H and O–H groups in total. The average molecular weight is 294 g/mol. The number of pyridine rings is 1. The van der Waals surface area contributed by atoms with Gasteiger partial charge in [-0.3, -0.25) is 4.79 Å². The normalized spacial score (nSPS) is 10.4. The predicted octanol–water partition coefficient (Wildman–Crippen LogP) is 1.57. The predicted molar refractivity (Wildman–Crippen MR) is 78.5 cm³/mol. The first-order valence-corrected chi connectivity index (χ1v) is 6.30. The topological polar surface area (TPSA) is 112 Å². The number of rotatable bonds is 2. The monoisotopic (exact) mass is 294 g/mol. The van der Waals surface area contributed by atoms with Crippen molar-refractivity contribution in [2.75, 3.05) is 7.11 Å². The van der Waals surface area contributed by atoms with Gasteiger partial charge in [0.2, 0.25) is 0 Å². The molecule has 7 heteroatoms. The molecule has 108 valence electrons. The van der Waals surface area contributed by atoms with Crippen molar-refractivity contribution in [3.05, 3.63) is 46.4 Å². The number of aromatic amines is 1. The Labute approximate surface area is 124 Å². The fourth-order valence-electron chi connectivity index (χ4n) is 2.05. The lowest BCUT2D eigenvalue weighted by atomic mass is 10.2. The zero-order valence-corrected chi connectivity index (χ0v) is 11.5. The van der Waals surface area contributed by atoms with Crippen LogP contribution in [-0.4, -0.2) is 27.2 Å². The summed E-state index contributed by atoms with van der Waals surface area (Å²) in [5.41, 5.74) is 0.400. The van der Waals surface area contributed by atoms with Crippen molar-refractivity contribution in [2.45, 2.75) is 0 Å². The van der Waals surface area contributed by atoms with Crippen LogP contribution in [0.4, 0.5) is 0 Å². The summed E-state index contributed by atoms with van der Waals surface area (Å²) in [6.07, 6.45) is 1.30. The molecule has 0 fully saturated rings. The number of aromatic hydroxyl groups is 1. The Kier molecular flexibility index (Phi) is 3.20. The number of hydrogen-bond donors (Lipinski definition) is 2. The van der Waals surface area contributed by atoms with Crippen molar-refractivity contribution in [2.24, 2.45) is 0 Å². The molecular formula is C15H10N4O3. The lowest BCUT2D eigenvalue weighted by Gasteiger charge is -2.06. The highest BCUT2D eigenvalue weighted by Gasteiger charge is 2.12. The molecule has 0 aliphatic rings. The minimum absolute atomic E-state index is 0.105. The third kappa shape index (κ3) is 2.23. The molecule has 2 heterocycles. The molecule has 2 aromatic heterocycles. The highest BCUT2D eigenvalue weighted by Crippen LogP contribution is 2.25. The van der Waals surface area contributed by atoms with E-state index in [4.69, 9.17) is 10.00 Å². The Bertz CT molecular complexity index is 973. The lowest BCUT2D eigenvalue weighted by molar-refractivity contribution is 0.415. The van der Waals surface area contributed by atoms with Crippen LogP contribution in [0.1, 0.15) is 5.56 Å². The van der Waals surface area contributed by atoms with E-state index in [0.717, 1.165) is 0 Å². The quantitative estimate of drug-likeness (QED) is 0.742. The van der Waals surface area contributed by atoms with Crippen LogP contribution in [0.5, 0.6) is 11.5 Å². The fraction of sp³-hybridized carbons (Fsp3) is 0.0667. The van der Waals surface area contributed by atoms with E-state index in [-0.39, 0.29) is 28.4 Å². The van der Waals surface area contributed by atoms with Gasteiger partial charge in [-0.1, -0.05) is 0 Å². The molecular weight excluding hydrogens is 284 g/mol. The van der Waals surface area contributed by atoms with Crippen molar-refractivity contribution in [3.8, 4) is 29.1 Å². The Morgan fingerprint density at radius 1 is 1.36 bits per heavy atom. The smallest absolute Gasteiger partial charge is 0.259 e. The van der Waals surface area contributed by atoms with Gasteiger partial charge in [-0.25, -0.2) is 9.97 Å². The number of nitriles is 1. The van der Waals surface area contributed by atoms with E-state index in [1.807, 2.05) is 6.07 Å². The van der Waals surface area contributed by atoms with Crippen LogP contribution in [0.25, 0.3) is 22.4 Å². The van der Waals surface area contributed by atoms with Gasteiger partial charge < -0.3 is 14.8 Å². The molecule has 0 saturated carbocycles. The Hall–Kier alpha value is -3.40. The molecule has 3 rings (SSSR count). The van der Waals surface area contributed by atoms with Gasteiger partial charge in [0.15, 0.2) is 5.82 Å². The average Bonchev–Trinajstić information content (AvgIpc) is 2.54. The molecule has 3 aromatic rings. The van der Waals surface area contributed by atoms with E-state index in [1.54, 1.807) is 18.2 Å². The number of benzene rings is 1. The Morgan fingerprint density at radius 3 is 2.86 bits per heavy atom. The molecule has 0 aliphatic carbocycles. The number of aromatic nitrogens is 3. The maximum absolute atomic E-state index is 12.2. The van der Waals surface area contributed by atoms with E-state index in [2.05, 4.69) is 15.0 Å². The molecule has 22 heavy (non-hydrogen) atoms. The van der Waals surface area contributed by atoms with Crippen molar-refractivity contribution in [3.63, 3.8) is 0 Å². The summed E-state index contributed by atoms with van der Waals surface area (Å²) in [6.45, 7) is 0. The SMILES string of the molecule is COc1ccc2nc(-c3ncc(C#N)cc3O)[nH]c(=O)c2c1. The molecule has 7 nitrogen and oxygen atoms in total. The number of H-pyrrole nitrogens is 1. The molecule has 0 radical (unpaired) electrons. The van der Waals surface area contributed by atoms with Gasteiger partial charge in [-0.2, -0.15) is 5.26 Å². The van der Waals surface area contributed by atoms with E-state index in [1.165, 1.54) is 19.4 Å². The first kappa shape index (κ1) is 13.6. The summed E-state index contributed by atoms with van der Waals surface area (Å²) in [5.74, 6) is 0.451. The van der Waals surface area contributed by atoms with Gasteiger partial charge in [-0.15, -0.1) is 0 Å². The minimum atomic E-state index is -0.371. The van der Waals surface area contributed by atoms with Gasteiger partial charge in [0.05, 0.1) is 23.6 Å². The van der Waals surface area contributed by atoms with Crippen LogP contribution >= 0.6 is 0 Å². The highest BCUT2D eigenvalue weighted by atomic mass is 16.5. The number of hydrogen-bond acceptors (Lipinski definition) is 6. The largest absolute Gasteiger partial charge is 0.505 e. The maximum Gasteiger partial charge on any atom is 0.259 e. The van der Waals surface area contributed by atoms with E-state index in [9.17, 15) is 9.90 Å². The Balaban J connectivity index is 2.21. The second kappa shape index (κ2) is 5.18. The molecule has 0 amide bonds. The van der Waals surface area contributed by atoms with Crippen LogP contribution < -0.4 is 10.3 Å². The van der Waals surface area contributed by atoms with Crippen molar-refractivity contribution in [1.82, 2.24) is 15.0 Å². The summed E-state index contributed by atoms with van der Waals surface area (Å²) in [5, 5.41) is 19.1. The van der Waals surface area contributed by atoms with E-state index in [0.29, 0.717) is 16.7 Å². The van der Waals surface area contributed by atoms with Gasteiger partial charge in [0.25, 0.3) is 5.56 Å². The highest BCUT2D eigenvalue weighted by molar-refractivity contribution is 5.81. The van der Waals surface area contributed by atoms with Crippen molar-refractivity contribution >= 4 is 10.9 Å². The minimum Gasteiger partial charge on any atom is -0.505 e. The summed E-state index contributed by atoms with van der Waals surface area (Å²) >= 11 is 0. The van der Waals surface area contributed by atoms with Gasteiger partial charge in [-0.05, 0) is 18.2 Å². The number of methoxy groups -OCH3 is 1. The first-order chi connectivity index (χ1) is 10.6. The van der Waals surface area contributed by atoms with Crippen LogP contribution in [-0.2, 0) is 0 Å². The molecule has 0 saturated heterocycles. The molecule has 0 spiro atoms. The summed E-state index contributed by atoms with van der Waals surface area (Å²) in [4.78, 5) is 23.0. The maximum atomic E-state index is 12.2. The Morgan fingerprint density at radius 2 is 2.18 bits per heavy atom.